The molecule has 1 aliphatic rings. The fourth-order valence-electron chi connectivity index (χ4n) is 3.05. The van der Waals surface area contributed by atoms with E-state index < -0.39 is 29.8 Å². The molecule has 8 heteroatoms. The van der Waals surface area contributed by atoms with Gasteiger partial charge in [-0.25, -0.2) is 9.59 Å². The summed E-state index contributed by atoms with van der Waals surface area (Å²) in [4.78, 5) is 50.3. The molecule has 1 unspecified atom stereocenters. The van der Waals surface area contributed by atoms with Crippen molar-refractivity contribution in [3.63, 3.8) is 0 Å². The van der Waals surface area contributed by atoms with E-state index in [-0.39, 0.29) is 29.1 Å². The van der Waals surface area contributed by atoms with Crippen LogP contribution >= 0.6 is 0 Å². The van der Waals surface area contributed by atoms with Crippen LogP contribution in [0, 0.1) is 11.3 Å². The molecule has 1 aliphatic heterocycles. The molecule has 31 heavy (non-hydrogen) atoms. The van der Waals surface area contributed by atoms with Gasteiger partial charge in [0.1, 0.15) is 23.4 Å². The first kappa shape index (κ1) is 21.5. The fourth-order valence-corrected chi connectivity index (χ4v) is 3.05. The molecule has 0 bridgehead atoms. The smallest absolute Gasteiger partial charge is 0.348 e. The second kappa shape index (κ2) is 9.05. The molecule has 2 aromatic rings. The molecule has 2 aromatic carbocycles. The number of rotatable bonds is 6. The Kier molecular flexibility index (Phi) is 6.26. The Morgan fingerprint density at radius 2 is 1.74 bits per heavy atom. The van der Waals surface area contributed by atoms with Crippen molar-refractivity contribution in [1.82, 2.24) is 4.90 Å². The minimum Gasteiger partial charge on any atom is -0.462 e. The number of imide groups is 1. The van der Waals surface area contributed by atoms with E-state index in [0.29, 0.717) is 5.56 Å². The Labute approximate surface area is 178 Å². The molecule has 0 saturated heterocycles. The summed E-state index contributed by atoms with van der Waals surface area (Å²) < 4.78 is 10.1. The van der Waals surface area contributed by atoms with Crippen LogP contribution in [0.5, 0.6) is 5.75 Å². The lowest BCUT2D eigenvalue weighted by Gasteiger charge is -2.20. The standard InChI is InChI=1S/C23H18N2O6/c1-3-30-23(29)16(13-24)11-15-7-6-8-17(12-15)31-22(28)14(2)25-20(26)18-9-4-5-10-19(18)21(25)27/h4-12,14H,3H2,1-2H3/b16-11+. The lowest BCUT2D eigenvalue weighted by molar-refractivity contribution is -0.138. The van der Waals surface area contributed by atoms with Crippen molar-refractivity contribution in [2.75, 3.05) is 6.61 Å². The molecular formula is C23H18N2O6. The normalized spacial score (nSPS) is 14.0. The highest BCUT2D eigenvalue weighted by Crippen LogP contribution is 2.25. The summed E-state index contributed by atoms with van der Waals surface area (Å²) in [5.74, 6) is -2.55. The SMILES string of the molecule is CCOC(=O)/C(C#N)=C/c1cccc(OC(=O)C(C)N2C(=O)c3ccccc3C2=O)c1. The van der Waals surface area contributed by atoms with Gasteiger partial charge in [-0.3, -0.25) is 14.5 Å². The van der Waals surface area contributed by atoms with Crippen molar-refractivity contribution in [3.8, 4) is 11.8 Å². The van der Waals surface area contributed by atoms with E-state index >= 15 is 0 Å². The molecule has 156 valence electrons. The highest BCUT2D eigenvalue weighted by molar-refractivity contribution is 6.22. The predicted molar refractivity (Wildman–Crippen MR) is 109 cm³/mol. The average Bonchev–Trinajstić information content (AvgIpc) is 3.02. The second-order valence-corrected chi connectivity index (χ2v) is 6.59. The molecule has 0 radical (unpaired) electrons. The summed E-state index contributed by atoms with van der Waals surface area (Å²) in [6.45, 7) is 3.16. The first-order valence-corrected chi connectivity index (χ1v) is 9.45. The summed E-state index contributed by atoms with van der Waals surface area (Å²) in [6.07, 6.45) is 1.31. The number of ether oxygens (including phenoxy) is 2. The molecular weight excluding hydrogens is 400 g/mol. The lowest BCUT2D eigenvalue weighted by atomic mass is 10.1. The number of nitriles is 1. The van der Waals surface area contributed by atoms with Crippen LogP contribution in [0.4, 0.5) is 0 Å². The number of carbonyl (C=O) groups excluding carboxylic acids is 4. The van der Waals surface area contributed by atoms with Gasteiger partial charge in [-0.05, 0) is 49.8 Å². The molecule has 0 aliphatic carbocycles. The summed E-state index contributed by atoms with van der Waals surface area (Å²) in [5, 5.41) is 9.14. The zero-order valence-electron chi connectivity index (χ0n) is 16.8. The zero-order valence-corrected chi connectivity index (χ0v) is 16.8. The Hall–Kier alpha value is -4.25. The number of benzene rings is 2. The highest BCUT2D eigenvalue weighted by atomic mass is 16.5. The van der Waals surface area contributed by atoms with Crippen molar-refractivity contribution < 1.29 is 28.7 Å². The molecule has 0 saturated carbocycles. The van der Waals surface area contributed by atoms with Gasteiger partial charge < -0.3 is 9.47 Å². The van der Waals surface area contributed by atoms with Crippen LogP contribution < -0.4 is 4.74 Å². The molecule has 0 aromatic heterocycles. The number of hydrogen-bond acceptors (Lipinski definition) is 7. The van der Waals surface area contributed by atoms with Gasteiger partial charge in [0.15, 0.2) is 0 Å². The predicted octanol–water partition coefficient (Wildman–Crippen LogP) is 2.75. The number of fused-ring (bicyclic) bond motifs is 1. The van der Waals surface area contributed by atoms with E-state index in [1.807, 2.05) is 0 Å². The third kappa shape index (κ3) is 4.36. The summed E-state index contributed by atoms with van der Waals surface area (Å²) in [7, 11) is 0. The molecule has 0 fully saturated rings. The van der Waals surface area contributed by atoms with Crippen LogP contribution in [-0.4, -0.2) is 41.3 Å². The molecule has 0 spiro atoms. The molecule has 2 amide bonds. The van der Waals surface area contributed by atoms with Crippen molar-refractivity contribution in [2.45, 2.75) is 19.9 Å². The van der Waals surface area contributed by atoms with E-state index in [2.05, 4.69) is 0 Å². The van der Waals surface area contributed by atoms with Crippen LogP contribution in [0.2, 0.25) is 0 Å². The van der Waals surface area contributed by atoms with Crippen molar-refractivity contribution in [1.29, 1.82) is 5.26 Å². The van der Waals surface area contributed by atoms with Crippen LogP contribution in [0.1, 0.15) is 40.1 Å². The third-order valence-corrected chi connectivity index (χ3v) is 4.56. The first-order valence-electron chi connectivity index (χ1n) is 9.45. The maximum atomic E-state index is 12.6. The number of amides is 2. The van der Waals surface area contributed by atoms with Gasteiger partial charge in [0.2, 0.25) is 0 Å². The maximum absolute atomic E-state index is 12.6. The fraction of sp³-hybridized carbons (Fsp3) is 0.174. The minimum absolute atomic E-state index is 0.128. The zero-order chi connectivity index (χ0) is 22.5. The van der Waals surface area contributed by atoms with Gasteiger partial charge >= 0.3 is 11.9 Å². The number of nitrogens with zero attached hydrogens (tertiary/aromatic N) is 2. The summed E-state index contributed by atoms with van der Waals surface area (Å²) >= 11 is 0. The Morgan fingerprint density at radius 3 is 2.32 bits per heavy atom. The lowest BCUT2D eigenvalue weighted by Crippen LogP contribution is -2.44. The first-order chi connectivity index (χ1) is 14.9. The third-order valence-electron chi connectivity index (χ3n) is 4.56. The number of hydrogen-bond donors (Lipinski definition) is 0. The molecule has 8 nitrogen and oxygen atoms in total. The van der Waals surface area contributed by atoms with Crippen LogP contribution in [0.25, 0.3) is 6.08 Å². The van der Waals surface area contributed by atoms with E-state index in [1.54, 1.807) is 37.3 Å². The Balaban J connectivity index is 1.76. The van der Waals surface area contributed by atoms with Crippen molar-refractivity contribution in [3.05, 3.63) is 70.8 Å². The quantitative estimate of drug-likeness (QED) is 0.233. The minimum atomic E-state index is -1.15. The molecule has 1 atom stereocenters. The van der Waals surface area contributed by atoms with Crippen molar-refractivity contribution in [2.24, 2.45) is 0 Å². The van der Waals surface area contributed by atoms with Crippen molar-refractivity contribution >= 4 is 29.8 Å². The van der Waals surface area contributed by atoms with E-state index in [4.69, 9.17) is 14.7 Å². The topological polar surface area (TPSA) is 114 Å². The summed E-state index contributed by atoms with van der Waals surface area (Å²) in [5.41, 5.74) is 0.706. The van der Waals surface area contributed by atoms with Gasteiger partial charge in [0, 0.05) is 0 Å². The summed E-state index contributed by atoms with van der Waals surface area (Å²) in [6, 6.07) is 13.1. The molecule has 1 heterocycles. The van der Waals surface area contributed by atoms with Crippen LogP contribution in [-0.2, 0) is 14.3 Å². The van der Waals surface area contributed by atoms with E-state index in [1.165, 1.54) is 37.3 Å². The Bertz CT molecular complexity index is 1110. The monoisotopic (exact) mass is 418 g/mol. The van der Waals surface area contributed by atoms with E-state index in [9.17, 15) is 19.2 Å². The molecule has 0 N–H and O–H groups in total. The average molecular weight is 418 g/mol. The Morgan fingerprint density at radius 1 is 1.10 bits per heavy atom. The van der Waals surface area contributed by atoms with Gasteiger partial charge in [-0.2, -0.15) is 5.26 Å². The van der Waals surface area contributed by atoms with Gasteiger partial charge in [0.25, 0.3) is 11.8 Å². The number of carbonyl (C=O) groups is 4. The van der Waals surface area contributed by atoms with Gasteiger partial charge in [0.05, 0.1) is 17.7 Å². The highest BCUT2D eigenvalue weighted by Gasteiger charge is 2.41. The van der Waals surface area contributed by atoms with Crippen LogP contribution in [0.3, 0.4) is 0 Å². The largest absolute Gasteiger partial charge is 0.462 e. The maximum Gasteiger partial charge on any atom is 0.348 e. The van der Waals surface area contributed by atoms with Gasteiger partial charge in [-0.1, -0.05) is 24.3 Å². The second-order valence-electron chi connectivity index (χ2n) is 6.59. The number of esters is 2. The molecule has 3 rings (SSSR count). The van der Waals surface area contributed by atoms with Gasteiger partial charge in [-0.15, -0.1) is 0 Å². The van der Waals surface area contributed by atoms with Crippen LogP contribution in [0.15, 0.2) is 54.1 Å². The van der Waals surface area contributed by atoms with E-state index in [0.717, 1.165) is 4.90 Å².